The van der Waals surface area contributed by atoms with E-state index >= 15 is 0 Å². The SMILES string of the molecule is Cc1cc(C(=O)N2CCN(S(=O)(=O)c3cccc(Br)c3)CC2)c2c(C)nn(C)c2n1. The van der Waals surface area contributed by atoms with Crippen LogP contribution < -0.4 is 0 Å². The molecule has 8 nitrogen and oxygen atoms in total. The zero-order valence-electron chi connectivity index (χ0n) is 17.0. The van der Waals surface area contributed by atoms with E-state index < -0.39 is 10.0 Å². The van der Waals surface area contributed by atoms with Gasteiger partial charge in [0.15, 0.2) is 5.65 Å². The van der Waals surface area contributed by atoms with Crippen LogP contribution in [0.3, 0.4) is 0 Å². The number of carbonyl (C=O) groups excluding carboxylic acids is 1. The van der Waals surface area contributed by atoms with E-state index in [1.54, 1.807) is 39.9 Å². The molecule has 4 rings (SSSR count). The molecule has 3 aromatic rings. The van der Waals surface area contributed by atoms with Crippen molar-refractivity contribution in [3.8, 4) is 0 Å². The molecule has 1 aliphatic rings. The second-order valence-corrected chi connectivity index (χ2v) is 10.2. The van der Waals surface area contributed by atoms with Gasteiger partial charge < -0.3 is 4.90 Å². The van der Waals surface area contributed by atoms with Crippen molar-refractivity contribution in [1.82, 2.24) is 24.0 Å². The van der Waals surface area contributed by atoms with Crippen LogP contribution in [-0.4, -0.2) is 64.5 Å². The van der Waals surface area contributed by atoms with Gasteiger partial charge in [0, 0.05) is 43.4 Å². The van der Waals surface area contributed by atoms with E-state index in [2.05, 4.69) is 26.0 Å². The van der Waals surface area contributed by atoms with E-state index in [0.29, 0.717) is 28.8 Å². The maximum absolute atomic E-state index is 13.3. The average Bonchev–Trinajstić information content (AvgIpc) is 3.00. The van der Waals surface area contributed by atoms with E-state index in [4.69, 9.17) is 0 Å². The normalized spacial score (nSPS) is 15.7. The molecule has 2 aromatic heterocycles. The molecular formula is C20H22BrN5O3S. The molecule has 0 saturated carbocycles. The number of carbonyl (C=O) groups is 1. The molecule has 0 radical (unpaired) electrons. The minimum absolute atomic E-state index is 0.124. The number of fused-ring (bicyclic) bond motifs is 1. The smallest absolute Gasteiger partial charge is 0.254 e. The lowest BCUT2D eigenvalue weighted by molar-refractivity contribution is 0.0699. The predicted molar refractivity (Wildman–Crippen MR) is 117 cm³/mol. The Labute approximate surface area is 183 Å². The van der Waals surface area contributed by atoms with Crippen molar-refractivity contribution in [2.45, 2.75) is 18.7 Å². The van der Waals surface area contributed by atoms with Gasteiger partial charge in [-0.2, -0.15) is 9.40 Å². The molecule has 1 aromatic carbocycles. The Balaban J connectivity index is 1.57. The van der Waals surface area contributed by atoms with Crippen molar-refractivity contribution in [2.24, 2.45) is 7.05 Å². The fraction of sp³-hybridized carbons (Fsp3) is 0.350. The Hall–Kier alpha value is -2.30. The van der Waals surface area contributed by atoms with Gasteiger partial charge in [-0.1, -0.05) is 22.0 Å². The third-order valence-electron chi connectivity index (χ3n) is 5.29. The number of hydrogen-bond donors (Lipinski definition) is 0. The molecule has 10 heteroatoms. The first kappa shape index (κ1) is 21.0. The Bertz CT molecular complexity index is 1250. The van der Waals surface area contributed by atoms with Crippen LogP contribution in [0, 0.1) is 13.8 Å². The summed E-state index contributed by atoms with van der Waals surface area (Å²) in [5.74, 6) is -0.124. The van der Waals surface area contributed by atoms with E-state index in [9.17, 15) is 13.2 Å². The van der Waals surface area contributed by atoms with Crippen LogP contribution in [0.4, 0.5) is 0 Å². The summed E-state index contributed by atoms with van der Waals surface area (Å²) in [5.41, 5.74) is 2.72. The molecule has 0 atom stereocenters. The van der Waals surface area contributed by atoms with Crippen molar-refractivity contribution < 1.29 is 13.2 Å². The second-order valence-electron chi connectivity index (χ2n) is 7.37. The minimum Gasteiger partial charge on any atom is -0.336 e. The number of rotatable bonds is 3. The Morgan fingerprint density at radius 2 is 1.80 bits per heavy atom. The summed E-state index contributed by atoms with van der Waals surface area (Å²) in [7, 11) is -1.79. The standard InChI is InChI=1S/C20H22BrN5O3S/c1-13-11-17(18-14(2)23-24(3)19(18)22-13)20(27)25-7-9-26(10-8-25)30(28,29)16-6-4-5-15(21)12-16/h4-6,11-12H,7-10H2,1-3H3. The fourth-order valence-electron chi connectivity index (χ4n) is 3.82. The topological polar surface area (TPSA) is 88.4 Å². The van der Waals surface area contributed by atoms with E-state index in [0.717, 1.165) is 16.8 Å². The fourth-order valence-corrected chi connectivity index (χ4v) is 5.84. The zero-order chi connectivity index (χ0) is 21.6. The molecular weight excluding hydrogens is 470 g/mol. The molecule has 30 heavy (non-hydrogen) atoms. The molecule has 3 heterocycles. The Morgan fingerprint density at radius 3 is 2.47 bits per heavy atom. The molecule has 1 aliphatic heterocycles. The molecule has 1 fully saturated rings. The largest absolute Gasteiger partial charge is 0.336 e. The van der Waals surface area contributed by atoms with E-state index in [1.165, 1.54) is 4.31 Å². The van der Waals surface area contributed by atoms with E-state index in [-0.39, 0.29) is 23.9 Å². The summed E-state index contributed by atoms with van der Waals surface area (Å²) >= 11 is 3.32. The number of sulfonamides is 1. The van der Waals surface area contributed by atoms with Gasteiger partial charge in [0.2, 0.25) is 10.0 Å². The third-order valence-corrected chi connectivity index (χ3v) is 7.67. The quantitative estimate of drug-likeness (QED) is 0.561. The van der Waals surface area contributed by atoms with Crippen LogP contribution in [0.5, 0.6) is 0 Å². The molecule has 158 valence electrons. The number of aryl methyl sites for hydroxylation is 3. The highest BCUT2D eigenvalue weighted by Crippen LogP contribution is 2.25. The number of piperazine rings is 1. The summed E-state index contributed by atoms with van der Waals surface area (Å²) in [6.45, 7) is 4.86. The third kappa shape index (κ3) is 3.63. The molecule has 0 spiro atoms. The summed E-state index contributed by atoms with van der Waals surface area (Å²) in [6.07, 6.45) is 0. The number of benzene rings is 1. The maximum Gasteiger partial charge on any atom is 0.254 e. The maximum atomic E-state index is 13.3. The average molecular weight is 492 g/mol. The van der Waals surface area contributed by atoms with Crippen molar-refractivity contribution in [1.29, 1.82) is 0 Å². The Morgan fingerprint density at radius 1 is 1.10 bits per heavy atom. The molecule has 0 N–H and O–H groups in total. The predicted octanol–water partition coefficient (Wildman–Crippen LogP) is 2.49. The summed E-state index contributed by atoms with van der Waals surface area (Å²) < 4.78 is 29.7. The summed E-state index contributed by atoms with van der Waals surface area (Å²) in [6, 6.07) is 8.44. The van der Waals surface area contributed by atoms with Crippen molar-refractivity contribution in [3.63, 3.8) is 0 Å². The number of nitrogens with zero attached hydrogens (tertiary/aromatic N) is 5. The number of halogens is 1. The summed E-state index contributed by atoms with van der Waals surface area (Å²) in [5, 5.41) is 5.14. The first-order valence-electron chi connectivity index (χ1n) is 9.54. The zero-order valence-corrected chi connectivity index (χ0v) is 19.4. The number of amides is 1. The minimum atomic E-state index is -3.60. The van der Waals surface area contributed by atoms with Gasteiger partial charge in [-0.05, 0) is 38.1 Å². The lowest BCUT2D eigenvalue weighted by atomic mass is 10.1. The first-order valence-corrected chi connectivity index (χ1v) is 11.8. The van der Waals surface area contributed by atoms with Crippen molar-refractivity contribution in [3.05, 3.63) is 51.8 Å². The lowest BCUT2D eigenvalue weighted by Gasteiger charge is -2.34. The van der Waals surface area contributed by atoms with Crippen LogP contribution in [0.2, 0.25) is 0 Å². The monoisotopic (exact) mass is 491 g/mol. The van der Waals surface area contributed by atoms with Gasteiger partial charge in [-0.15, -0.1) is 0 Å². The van der Waals surface area contributed by atoms with Gasteiger partial charge in [-0.3, -0.25) is 9.48 Å². The van der Waals surface area contributed by atoms with Gasteiger partial charge in [0.1, 0.15) is 0 Å². The van der Waals surface area contributed by atoms with Crippen LogP contribution >= 0.6 is 15.9 Å². The van der Waals surface area contributed by atoms with Crippen LogP contribution in [-0.2, 0) is 17.1 Å². The molecule has 1 amide bonds. The van der Waals surface area contributed by atoms with Crippen molar-refractivity contribution >= 4 is 42.9 Å². The molecule has 0 unspecified atom stereocenters. The number of aromatic nitrogens is 3. The highest BCUT2D eigenvalue weighted by atomic mass is 79.9. The van der Waals surface area contributed by atoms with Crippen molar-refractivity contribution in [2.75, 3.05) is 26.2 Å². The molecule has 0 bridgehead atoms. The van der Waals surface area contributed by atoms with Crippen LogP contribution in [0.15, 0.2) is 39.7 Å². The van der Waals surface area contributed by atoms with Gasteiger partial charge in [0.25, 0.3) is 5.91 Å². The van der Waals surface area contributed by atoms with E-state index in [1.807, 2.05) is 20.9 Å². The van der Waals surface area contributed by atoms with Gasteiger partial charge >= 0.3 is 0 Å². The highest BCUT2D eigenvalue weighted by molar-refractivity contribution is 9.10. The molecule has 1 saturated heterocycles. The number of pyridine rings is 1. The summed E-state index contributed by atoms with van der Waals surface area (Å²) in [4.78, 5) is 19.7. The first-order chi connectivity index (χ1) is 14.2. The van der Waals surface area contributed by atoms with Crippen LogP contribution in [0.1, 0.15) is 21.7 Å². The molecule has 0 aliphatic carbocycles. The van der Waals surface area contributed by atoms with Crippen LogP contribution in [0.25, 0.3) is 11.0 Å². The lowest BCUT2D eigenvalue weighted by Crippen LogP contribution is -2.50. The van der Waals surface area contributed by atoms with Gasteiger partial charge in [-0.25, -0.2) is 13.4 Å². The van der Waals surface area contributed by atoms with Gasteiger partial charge in [0.05, 0.1) is 21.5 Å². The highest BCUT2D eigenvalue weighted by Gasteiger charge is 2.31. The Kier molecular flexibility index (Phi) is 5.41. The second kappa shape index (κ2) is 7.75. The number of hydrogen-bond acceptors (Lipinski definition) is 5.